The number of nitrogens with zero attached hydrogens (tertiary/aromatic N) is 3. The van der Waals surface area contributed by atoms with Gasteiger partial charge >= 0.3 is 0 Å². The van der Waals surface area contributed by atoms with E-state index in [-0.39, 0.29) is 22.6 Å². The predicted molar refractivity (Wildman–Crippen MR) is 124 cm³/mol. The van der Waals surface area contributed by atoms with Crippen LogP contribution in [-0.4, -0.2) is 52.6 Å². The summed E-state index contributed by atoms with van der Waals surface area (Å²) in [4.78, 5) is 20.7. The van der Waals surface area contributed by atoms with Crippen LogP contribution in [-0.2, 0) is 4.74 Å². The number of rotatable bonds is 6. The lowest BCUT2D eigenvalue weighted by Crippen LogP contribution is -2.20. The number of hydrogen-bond acceptors (Lipinski definition) is 8. The number of phenols is 1. The first-order valence-corrected chi connectivity index (χ1v) is 10.6. The Hall–Kier alpha value is -3.14. The smallest absolute Gasteiger partial charge is 0.258 e. The van der Waals surface area contributed by atoms with Crippen LogP contribution in [0.5, 0.6) is 5.75 Å². The molecule has 1 aromatic heterocycles. The zero-order valence-corrected chi connectivity index (χ0v) is 17.8. The Morgan fingerprint density at radius 3 is 2.81 bits per heavy atom. The van der Waals surface area contributed by atoms with Gasteiger partial charge in [-0.05, 0) is 66.9 Å². The van der Waals surface area contributed by atoms with Crippen LogP contribution in [0, 0.1) is 0 Å². The standard InChI is InChI=1S/C22H23N5O3S/c1-30-17-8-9-27(13-17)31-18-5-2-15(3-6-18)24-12-21(26-23)19-11-14-10-16(28)4-7-20(14)25-22(19)29/h2-7,10-12,17,28H,8-9,13,23H2,1H3,(H,25,29)/t17-/m0/s1. The van der Waals surface area contributed by atoms with Crippen molar-refractivity contribution in [3.63, 3.8) is 0 Å². The zero-order chi connectivity index (χ0) is 21.8. The number of methoxy groups -OCH3 is 1. The van der Waals surface area contributed by atoms with E-state index in [9.17, 15) is 9.90 Å². The largest absolute Gasteiger partial charge is 0.508 e. The van der Waals surface area contributed by atoms with Gasteiger partial charge in [-0.25, -0.2) is 4.31 Å². The number of hydrazone groups is 1. The number of pyridine rings is 1. The predicted octanol–water partition coefficient (Wildman–Crippen LogP) is 3.03. The average Bonchev–Trinajstić information content (AvgIpc) is 3.23. The number of aromatic nitrogens is 1. The van der Waals surface area contributed by atoms with Crippen molar-refractivity contribution in [1.82, 2.24) is 9.29 Å². The molecular formula is C22H23N5O3S. The van der Waals surface area contributed by atoms with Crippen molar-refractivity contribution in [3.8, 4) is 5.75 Å². The maximum absolute atomic E-state index is 12.5. The van der Waals surface area contributed by atoms with Gasteiger partial charge in [0.1, 0.15) is 11.5 Å². The van der Waals surface area contributed by atoms with E-state index < -0.39 is 0 Å². The summed E-state index contributed by atoms with van der Waals surface area (Å²) in [5.41, 5.74) is 1.52. The molecule has 2 aromatic carbocycles. The number of hydrogen-bond donors (Lipinski definition) is 3. The number of nitrogens with two attached hydrogens (primary N) is 1. The van der Waals surface area contributed by atoms with Crippen LogP contribution in [0.1, 0.15) is 12.0 Å². The molecule has 4 N–H and O–H groups in total. The van der Waals surface area contributed by atoms with Gasteiger partial charge < -0.3 is 20.7 Å². The van der Waals surface area contributed by atoms with E-state index in [1.165, 1.54) is 12.3 Å². The molecule has 1 atom stereocenters. The summed E-state index contributed by atoms with van der Waals surface area (Å²) in [6.45, 7) is 1.91. The van der Waals surface area contributed by atoms with Gasteiger partial charge in [-0.2, -0.15) is 5.10 Å². The number of ether oxygens (including phenoxy) is 1. The molecule has 0 aliphatic carbocycles. The lowest BCUT2D eigenvalue weighted by molar-refractivity contribution is 0.115. The van der Waals surface area contributed by atoms with E-state index in [0.717, 1.165) is 30.1 Å². The summed E-state index contributed by atoms with van der Waals surface area (Å²) in [6.07, 6.45) is 2.80. The Morgan fingerprint density at radius 2 is 2.10 bits per heavy atom. The summed E-state index contributed by atoms with van der Waals surface area (Å²) in [5, 5.41) is 14.1. The second-order valence-electron chi connectivity index (χ2n) is 7.18. The first-order valence-electron chi connectivity index (χ1n) is 9.80. The molecule has 0 spiro atoms. The number of fused-ring (bicyclic) bond motifs is 1. The number of H-pyrrole nitrogens is 1. The Balaban J connectivity index is 1.49. The van der Waals surface area contributed by atoms with Gasteiger partial charge in [0.25, 0.3) is 5.56 Å². The van der Waals surface area contributed by atoms with Gasteiger partial charge in [-0.1, -0.05) is 0 Å². The molecule has 4 rings (SSSR count). The second-order valence-corrected chi connectivity index (χ2v) is 8.35. The van der Waals surface area contributed by atoms with Gasteiger partial charge in [0, 0.05) is 36.0 Å². The number of aliphatic imine (C=N–C) groups is 1. The minimum absolute atomic E-state index is 0.107. The molecule has 0 unspecified atom stereocenters. The topological polar surface area (TPSA) is 116 Å². The molecule has 1 aliphatic rings. The van der Waals surface area contributed by atoms with E-state index in [4.69, 9.17) is 10.6 Å². The van der Waals surface area contributed by atoms with E-state index in [2.05, 4.69) is 19.4 Å². The van der Waals surface area contributed by atoms with Crippen molar-refractivity contribution < 1.29 is 9.84 Å². The Kier molecular flexibility index (Phi) is 6.36. The molecule has 2 heterocycles. The van der Waals surface area contributed by atoms with Crippen LogP contribution in [0.2, 0.25) is 0 Å². The number of aromatic hydroxyl groups is 1. The third-order valence-electron chi connectivity index (χ3n) is 5.09. The van der Waals surface area contributed by atoms with Crippen LogP contribution < -0.4 is 11.4 Å². The quantitative estimate of drug-likeness (QED) is 0.236. The number of phenolic OH excluding ortho intramolecular Hbond substituents is 1. The maximum Gasteiger partial charge on any atom is 0.258 e. The Morgan fingerprint density at radius 1 is 1.29 bits per heavy atom. The van der Waals surface area contributed by atoms with Crippen molar-refractivity contribution in [3.05, 3.63) is 64.4 Å². The fourth-order valence-electron chi connectivity index (χ4n) is 3.41. The summed E-state index contributed by atoms with van der Waals surface area (Å²) < 4.78 is 7.69. The molecule has 0 radical (unpaired) electrons. The van der Waals surface area contributed by atoms with Crippen LogP contribution in [0.15, 0.2) is 68.3 Å². The normalized spacial score (nSPS) is 17.7. The SMILES string of the molecule is CO[C@H]1CCN(Sc2ccc(N=CC(=NN)c3cc4cc(O)ccc4[nH]c3=O)cc2)C1. The van der Waals surface area contributed by atoms with E-state index in [0.29, 0.717) is 17.0 Å². The average molecular weight is 438 g/mol. The molecule has 3 aromatic rings. The van der Waals surface area contributed by atoms with Gasteiger partial charge in [-0.15, -0.1) is 0 Å². The molecule has 1 saturated heterocycles. The lowest BCUT2D eigenvalue weighted by Gasteiger charge is -2.14. The zero-order valence-electron chi connectivity index (χ0n) is 17.0. The molecule has 8 nitrogen and oxygen atoms in total. The lowest BCUT2D eigenvalue weighted by atomic mass is 10.1. The molecule has 0 bridgehead atoms. The highest BCUT2D eigenvalue weighted by atomic mass is 32.2. The van der Waals surface area contributed by atoms with Crippen LogP contribution in [0.25, 0.3) is 10.9 Å². The summed E-state index contributed by atoms with van der Waals surface area (Å²) in [5.74, 6) is 5.63. The summed E-state index contributed by atoms with van der Waals surface area (Å²) >= 11 is 1.70. The van der Waals surface area contributed by atoms with Crippen LogP contribution >= 0.6 is 11.9 Å². The van der Waals surface area contributed by atoms with E-state index in [1.807, 2.05) is 24.3 Å². The molecule has 31 heavy (non-hydrogen) atoms. The molecule has 0 amide bonds. The second kappa shape index (κ2) is 9.34. The number of aromatic amines is 1. The number of nitrogens with one attached hydrogen (secondary N) is 1. The van der Waals surface area contributed by atoms with Crippen molar-refractivity contribution in [2.45, 2.75) is 17.4 Å². The van der Waals surface area contributed by atoms with Crippen molar-refractivity contribution in [2.24, 2.45) is 15.9 Å². The summed E-state index contributed by atoms with van der Waals surface area (Å²) in [7, 11) is 1.75. The Bertz CT molecular complexity index is 1190. The highest BCUT2D eigenvalue weighted by Crippen LogP contribution is 2.29. The fourth-order valence-corrected chi connectivity index (χ4v) is 4.40. The van der Waals surface area contributed by atoms with Crippen LogP contribution in [0.4, 0.5) is 5.69 Å². The first-order chi connectivity index (χ1) is 15.1. The number of benzene rings is 2. The van der Waals surface area contributed by atoms with Crippen molar-refractivity contribution in [1.29, 1.82) is 0 Å². The van der Waals surface area contributed by atoms with E-state index >= 15 is 0 Å². The molecule has 0 saturated carbocycles. The highest BCUT2D eigenvalue weighted by molar-refractivity contribution is 7.97. The fraction of sp³-hybridized carbons (Fsp3) is 0.227. The molecule has 9 heteroatoms. The molecule has 160 valence electrons. The monoisotopic (exact) mass is 437 g/mol. The molecule has 1 aliphatic heterocycles. The van der Waals surface area contributed by atoms with Crippen LogP contribution in [0.3, 0.4) is 0 Å². The molecule has 1 fully saturated rings. The minimum atomic E-state index is -0.333. The first kappa shape index (κ1) is 21.1. The van der Waals surface area contributed by atoms with Gasteiger partial charge in [0.15, 0.2) is 0 Å². The van der Waals surface area contributed by atoms with Gasteiger partial charge in [0.05, 0.1) is 23.6 Å². The van der Waals surface area contributed by atoms with Crippen molar-refractivity contribution in [2.75, 3.05) is 20.2 Å². The third-order valence-corrected chi connectivity index (χ3v) is 6.16. The van der Waals surface area contributed by atoms with Crippen molar-refractivity contribution >= 4 is 40.5 Å². The summed E-state index contributed by atoms with van der Waals surface area (Å²) in [6, 6.07) is 14.2. The highest BCUT2D eigenvalue weighted by Gasteiger charge is 2.22. The molecular weight excluding hydrogens is 414 g/mol. The van der Waals surface area contributed by atoms with Gasteiger partial charge in [-0.3, -0.25) is 9.79 Å². The third kappa shape index (κ3) is 4.96. The maximum atomic E-state index is 12.5. The van der Waals surface area contributed by atoms with Gasteiger partial charge in [0.2, 0.25) is 0 Å². The Labute approximate surface area is 183 Å². The van der Waals surface area contributed by atoms with E-state index in [1.54, 1.807) is 37.3 Å². The minimum Gasteiger partial charge on any atom is -0.508 e.